The van der Waals surface area contributed by atoms with Crippen LogP contribution in [0.15, 0.2) is 4.52 Å². The molecule has 0 aliphatic heterocycles. The lowest BCUT2D eigenvalue weighted by atomic mass is 9.78. The highest BCUT2D eigenvalue weighted by atomic mass is 16.5. The normalized spacial score (nSPS) is 30.3. The second-order valence-electron chi connectivity index (χ2n) is 5.26. The maximum atomic E-state index is 9.46. The summed E-state index contributed by atoms with van der Waals surface area (Å²) in [5.41, 5.74) is -0.428. The number of ether oxygens (including phenoxy) is 1. The Morgan fingerprint density at radius 2 is 2.39 bits per heavy atom. The van der Waals surface area contributed by atoms with E-state index in [1.54, 1.807) is 6.92 Å². The molecule has 3 atom stereocenters. The van der Waals surface area contributed by atoms with E-state index in [1.165, 1.54) is 6.42 Å². The van der Waals surface area contributed by atoms with Crippen LogP contribution in [-0.2, 0) is 10.3 Å². The van der Waals surface area contributed by atoms with Gasteiger partial charge in [-0.1, -0.05) is 18.5 Å². The molecule has 1 N–H and O–H groups in total. The van der Waals surface area contributed by atoms with E-state index in [0.717, 1.165) is 19.3 Å². The highest BCUT2D eigenvalue weighted by molar-refractivity contribution is 5.05. The summed E-state index contributed by atoms with van der Waals surface area (Å²) in [6.45, 7) is 6.46. The van der Waals surface area contributed by atoms with Crippen molar-refractivity contribution in [1.82, 2.24) is 10.1 Å². The van der Waals surface area contributed by atoms with Gasteiger partial charge >= 0.3 is 0 Å². The van der Waals surface area contributed by atoms with Crippen LogP contribution in [0.4, 0.5) is 0 Å². The van der Waals surface area contributed by atoms with Gasteiger partial charge in [-0.25, -0.2) is 0 Å². The van der Waals surface area contributed by atoms with Gasteiger partial charge in [0.05, 0.1) is 0 Å². The van der Waals surface area contributed by atoms with Crippen molar-refractivity contribution in [2.45, 2.75) is 58.2 Å². The molecule has 0 aromatic carbocycles. The number of hydrogen-bond acceptors (Lipinski definition) is 5. The zero-order valence-corrected chi connectivity index (χ0v) is 11.3. The van der Waals surface area contributed by atoms with Crippen molar-refractivity contribution in [3.63, 3.8) is 0 Å². The van der Waals surface area contributed by atoms with Gasteiger partial charge in [0.15, 0.2) is 0 Å². The Morgan fingerprint density at radius 3 is 2.94 bits per heavy atom. The van der Waals surface area contributed by atoms with E-state index < -0.39 is 11.7 Å². The summed E-state index contributed by atoms with van der Waals surface area (Å²) in [5.74, 6) is 1.45. The van der Waals surface area contributed by atoms with Crippen molar-refractivity contribution in [2.24, 2.45) is 5.92 Å². The standard InChI is InChI=1S/C13H22N2O3/c1-4-17-13(7-5-6-9(2)8-13)12-14-11(10(3)16)18-15-12/h9-10,16H,4-8H2,1-3H3/t9?,10-,13?/m0/s1. The highest BCUT2D eigenvalue weighted by Gasteiger charge is 2.41. The lowest BCUT2D eigenvalue weighted by molar-refractivity contribution is -0.0891. The third-order valence-electron chi connectivity index (χ3n) is 3.58. The quantitative estimate of drug-likeness (QED) is 0.894. The van der Waals surface area contributed by atoms with Gasteiger partial charge in [0.25, 0.3) is 5.89 Å². The summed E-state index contributed by atoms with van der Waals surface area (Å²) >= 11 is 0. The van der Waals surface area contributed by atoms with Gasteiger partial charge in [0, 0.05) is 6.61 Å². The molecule has 18 heavy (non-hydrogen) atoms. The third-order valence-corrected chi connectivity index (χ3v) is 3.58. The second-order valence-corrected chi connectivity index (χ2v) is 5.26. The van der Waals surface area contributed by atoms with Crippen LogP contribution < -0.4 is 0 Å². The Balaban J connectivity index is 2.27. The van der Waals surface area contributed by atoms with Crippen LogP contribution in [0.3, 0.4) is 0 Å². The van der Waals surface area contributed by atoms with Crippen LogP contribution in [0.25, 0.3) is 0 Å². The first kappa shape index (κ1) is 13.5. The maximum absolute atomic E-state index is 9.46. The van der Waals surface area contributed by atoms with Crippen LogP contribution in [-0.4, -0.2) is 21.9 Å². The van der Waals surface area contributed by atoms with Crippen LogP contribution >= 0.6 is 0 Å². The van der Waals surface area contributed by atoms with Crippen LogP contribution in [0.5, 0.6) is 0 Å². The molecule has 0 bridgehead atoms. The second kappa shape index (κ2) is 5.36. The first-order chi connectivity index (χ1) is 8.57. The van der Waals surface area contributed by atoms with Gasteiger partial charge in [-0.2, -0.15) is 4.98 Å². The van der Waals surface area contributed by atoms with E-state index in [2.05, 4.69) is 17.1 Å². The minimum atomic E-state index is -0.731. The molecule has 1 heterocycles. The van der Waals surface area contributed by atoms with E-state index in [9.17, 15) is 5.11 Å². The molecule has 2 unspecified atom stereocenters. The fraction of sp³-hybridized carbons (Fsp3) is 0.846. The first-order valence-electron chi connectivity index (χ1n) is 6.73. The molecule has 2 rings (SSSR count). The van der Waals surface area contributed by atoms with E-state index in [1.807, 2.05) is 6.92 Å². The van der Waals surface area contributed by atoms with Crippen molar-refractivity contribution in [1.29, 1.82) is 0 Å². The molecule has 1 aliphatic rings. The molecule has 1 aromatic rings. The van der Waals surface area contributed by atoms with Crippen LogP contribution in [0.2, 0.25) is 0 Å². The molecular weight excluding hydrogens is 232 g/mol. The van der Waals surface area contributed by atoms with Crippen molar-refractivity contribution in [2.75, 3.05) is 6.61 Å². The summed E-state index contributed by atoms with van der Waals surface area (Å²) in [6, 6.07) is 0. The first-order valence-corrected chi connectivity index (χ1v) is 6.73. The molecule has 1 aliphatic carbocycles. The summed E-state index contributed by atoms with van der Waals surface area (Å²) < 4.78 is 11.0. The highest BCUT2D eigenvalue weighted by Crippen LogP contribution is 2.41. The minimum Gasteiger partial charge on any atom is -0.384 e. The average molecular weight is 254 g/mol. The lowest BCUT2D eigenvalue weighted by Crippen LogP contribution is -2.36. The molecule has 0 saturated heterocycles. The third kappa shape index (κ3) is 2.57. The van der Waals surface area contributed by atoms with Gasteiger partial charge in [-0.3, -0.25) is 0 Å². The summed E-state index contributed by atoms with van der Waals surface area (Å²) in [7, 11) is 0. The van der Waals surface area contributed by atoms with E-state index in [0.29, 0.717) is 18.3 Å². The minimum absolute atomic E-state index is 0.266. The monoisotopic (exact) mass is 254 g/mol. The van der Waals surface area contributed by atoms with Gasteiger partial charge in [-0.05, 0) is 39.0 Å². The summed E-state index contributed by atoms with van der Waals surface area (Å²) in [5, 5.41) is 13.5. The Labute approximate surface area is 108 Å². The van der Waals surface area contributed by atoms with Crippen LogP contribution in [0.1, 0.15) is 64.3 Å². The van der Waals surface area contributed by atoms with Gasteiger partial charge < -0.3 is 14.4 Å². The largest absolute Gasteiger partial charge is 0.384 e. The number of aliphatic hydroxyl groups excluding tert-OH is 1. The zero-order valence-electron chi connectivity index (χ0n) is 11.3. The van der Waals surface area contributed by atoms with Crippen molar-refractivity contribution >= 4 is 0 Å². The van der Waals surface area contributed by atoms with E-state index >= 15 is 0 Å². The Bertz CT molecular complexity index is 387. The number of rotatable bonds is 4. The molecule has 1 fully saturated rings. The van der Waals surface area contributed by atoms with Crippen molar-refractivity contribution in [3.05, 3.63) is 11.7 Å². The van der Waals surface area contributed by atoms with E-state index in [4.69, 9.17) is 9.26 Å². The zero-order chi connectivity index (χ0) is 13.2. The Kier molecular flexibility index (Phi) is 4.02. The predicted molar refractivity (Wildman–Crippen MR) is 65.9 cm³/mol. The van der Waals surface area contributed by atoms with Gasteiger partial charge in [0.1, 0.15) is 11.7 Å². The Hall–Kier alpha value is -0.940. The number of aliphatic hydroxyl groups is 1. The smallest absolute Gasteiger partial charge is 0.255 e. The summed E-state index contributed by atoms with van der Waals surface area (Å²) in [6.07, 6.45) is 3.44. The molecule has 5 heteroatoms. The van der Waals surface area contributed by atoms with Crippen molar-refractivity contribution < 1.29 is 14.4 Å². The Morgan fingerprint density at radius 1 is 1.61 bits per heavy atom. The molecule has 0 radical (unpaired) electrons. The molecule has 1 saturated carbocycles. The molecule has 0 amide bonds. The molecular formula is C13H22N2O3. The van der Waals surface area contributed by atoms with Crippen LogP contribution in [0, 0.1) is 5.92 Å². The fourth-order valence-corrected chi connectivity index (χ4v) is 2.77. The maximum Gasteiger partial charge on any atom is 0.255 e. The SMILES string of the molecule is CCOC1(c2noc([C@H](C)O)n2)CCCC(C)C1. The topological polar surface area (TPSA) is 68.4 Å². The number of aromatic nitrogens is 2. The number of hydrogen-bond donors (Lipinski definition) is 1. The van der Waals surface area contributed by atoms with Crippen molar-refractivity contribution in [3.8, 4) is 0 Å². The van der Waals surface area contributed by atoms with Gasteiger partial charge in [0.2, 0.25) is 5.82 Å². The fourth-order valence-electron chi connectivity index (χ4n) is 2.77. The van der Waals surface area contributed by atoms with Gasteiger partial charge in [-0.15, -0.1) is 0 Å². The number of nitrogens with zero attached hydrogens (tertiary/aromatic N) is 2. The molecule has 5 nitrogen and oxygen atoms in total. The molecule has 0 spiro atoms. The lowest BCUT2D eigenvalue weighted by Gasteiger charge is -2.37. The summed E-state index contributed by atoms with van der Waals surface area (Å²) in [4.78, 5) is 4.31. The average Bonchev–Trinajstić information content (AvgIpc) is 2.79. The van der Waals surface area contributed by atoms with E-state index in [-0.39, 0.29) is 5.89 Å². The predicted octanol–water partition coefficient (Wildman–Crippen LogP) is 2.56. The molecule has 102 valence electrons. The molecule has 1 aromatic heterocycles.